The molecule has 4 nitrogen and oxygen atoms in total. The zero-order valence-electron chi connectivity index (χ0n) is 11.8. The van der Waals surface area contributed by atoms with Gasteiger partial charge >= 0.3 is 0 Å². The van der Waals surface area contributed by atoms with E-state index in [4.69, 9.17) is 14.2 Å². The molecular weight excluding hydrogens is 242 g/mol. The summed E-state index contributed by atoms with van der Waals surface area (Å²) in [6, 6.07) is 7.93. The van der Waals surface area contributed by atoms with Crippen molar-refractivity contribution in [3.8, 4) is 5.75 Å². The molecule has 19 heavy (non-hydrogen) atoms. The number of epoxide rings is 1. The maximum absolute atomic E-state index is 5.84. The van der Waals surface area contributed by atoms with Crippen molar-refractivity contribution >= 4 is 5.90 Å². The number of nitrogens with zero attached hydrogens (tertiary/aromatic N) is 1. The summed E-state index contributed by atoms with van der Waals surface area (Å²) in [5, 5.41) is 0. The molecule has 2 aliphatic heterocycles. The smallest absolute Gasteiger partial charge is 0.220 e. The monoisotopic (exact) mass is 261 g/mol. The van der Waals surface area contributed by atoms with Crippen LogP contribution in [-0.4, -0.2) is 30.8 Å². The SMILES string of the molecule is COc1ccc(C2O[C@@]2(C)C2=NC(C)(C)CO2)cc1. The van der Waals surface area contributed by atoms with Gasteiger partial charge in [-0.05, 0) is 38.5 Å². The second-order valence-electron chi connectivity index (χ2n) is 5.90. The van der Waals surface area contributed by atoms with Crippen molar-refractivity contribution in [2.45, 2.75) is 38.0 Å². The topological polar surface area (TPSA) is 43.3 Å². The van der Waals surface area contributed by atoms with Gasteiger partial charge in [-0.2, -0.15) is 0 Å². The van der Waals surface area contributed by atoms with Crippen molar-refractivity contribution in [3.63, 3.8) is 0 Å². The van der Waals surface area contributed by atoms with Crippen LogP contribution in [-0.2, 0) is 9.47 Å². The van der Waals surface area contributed by atoms with E-state index in [2.05, 4.69) is 18.8 Å². The predicted octanol–water partition coefficient (Wildman–Crippen LogP) is 2.73. The molecule has 0 aromatic heterocycles. The molecule has 2 aliphatic rings. The third-order valence-corrected chi connectivity index (χ3v) is 3.62. The van der Waals surface area contributed by atoms with E-state index in [9.17, 15) is 0 Å². The van der Waals surface area contributed by atoms with Crippen LogP contribution in [0.5, 0.6) is 5.75 Å². The Hall–Kier alpha value is -1.55. The van der Waals surface area contributed by atoms with Crippen LogP contribution in [0.15, 0.2) is 29.3 Å². The summed E-state index contributed by atoms with van der Waals surface area (Å²) in [6.45, 7) is 6.78. The molecule has 0 N–H and O–H groups in total. The highest BCUT2D eigenvalue weighted by molar-refractivity contribution is 5.90. The van der Waals surface area contributed by atoms with Crippen LogP contribution in [0.3, 0.4) is 0 Å². The molecule has 0 bridgehead atoms. The molecule has 1 aromatic carbocycles. The lowest BCUT2D eigenvalue weighted by atomic mass is 10.0. The van der Waals surface area contributed by atoms with Gasteiger partial charge in [0.15, 0.2) is 5.60 Å². The predicted molar refractivity (Wildman–Crippen MR) is 72.7 cm³/mol. The van der Waals surface area contributed by atoms with E-state index in [1.807, 2.05) is 31.2 Å². The molecule has 1 unspecified atom stereocenters. The third-order valence-electron chi connectivity index (χ3n) is 3.62. The normalized spacial score (nSPS) is 31.6. The first-order valence-corrected chi connectivity index (χ1v) is 6.49. The maximum atomic E-state index is 5.84. The van der Waals surface area contributed by atoms with Crippen molar-refractivity contribution in [1.82, 2.24) is 0 Å². The van der Waals surface area contributed by atoms with Gasteiger partial charge in [0.05, 0.1) is 12.6 Å². The fourth-order valence-corrected chi connectivity index (χ4v) is 2.38. The van der Waals surface area contributed by atoms with E-state index in [1.165, 1.54) is 0 Å². The Morgan fingerprint density at radius 1 is 1.21 bits per heavy atom. The summed E-state index contributed by atoms with van der Waals surface area (Å²) in [4.78, 5) is 4.61. The van der Waals surface area contributed by atoms with E-state index in [1.54, 1.807) is 7.11 Å². The summed E-state index contributed by atoms with van der Waals surface area (Å²) < 4.78 is 16.7. The van der Waals surface area contributed by atoms with Gasteiger partial charge < -0.3 is 14.2 Å². The molecule has 2 heterocycles. The molecule has 4 heteroatoms. The summed E-state index contributed by atoms with van der Waals surface area (Å²) in [5.41, 5.74) is 0.566. The molecule has 3 rings (SSSR count). The van der Waals surface area contributed by atoms with E-state index < -0.39 is 5.60 Å². The highest BCUT2D eigenvalue weighted by Crippen LogP contribution is 2.52. The number of ether oxygens (including phenoxy) is 3. The summed E-state index contributed by atoms with van der Waals surface area (Å²) in [6.07, 6.45) is 0.0195. The van der Waals surface area contributed by atoms with Gasteiger partial charge in [-0.25, -0.2) is 4.99 Å². The van der Waals surface area contributed by atoms with Gasteiger partial charge in [0.25, 0.3) is 0 Å². The van der Waals surface area contributed by atoms with Gasteiger partial charge in [-0.15, -0.1) is 0 Å². The Morgan fingerprint density at radius 3 is 2.42 bits per heavy atom. The highest BCUT2D eigenvalue weighted by atomic mass is 16.6. The molecule has 0 amide bonds. The van der Waals surface area contributed by atoms with E-state index in [0.717, 1.165) is 17.2 Å². The molecule has 0 aliphatic carbocycles. The standard InChI is InChI=1S/C15H19NO3/c1-14(2)9-18-13(16-14)15(3)12(19-15)10-5-7-11(17-4)8-6-10/h5-8,12H,9H2,1-4H3/t12?,15-/m1/s1. The third kappa shape index (κ3) is 2.10. The van der Waals surface area contributed by atoms with Crippen LogP contribution < -0.4 is 4.74 Å². The second-order valence-corrected chi connectivity index (χ2v) is 5.90. The van der Waals surface area contributed by atoms with Crippen LogP contribution in [0.2, 0.25) is 0 Å². The fraction of sp³-hybridized carbons (Fsp3) is 0.533. The minimum absolute atomic E-state index is 0.0195. The molecular formula is C15H19NO3. The van der Waals surface area contributed by atoms with Crippen molar-refractivity contribution < 1.29 is 14.2 Å². The average Bonchev–Trinajstić information content (AvgIpc) is 2.94. The van der Waals surface area contributed by atoms with Crippen LogP contribution in [0.1, 0.15) is 32.4 Å². The molecule has 1 aromatic rings. The Kier molecular flexibility index (Phi) is 2.61. The maximum Gasteiger partial charge on any atom is 0.220 e. The van der Waals surface area contributed by atoms with Gasteiger partial charge in [-0.3, -0.25) is 0 Å². The van der Waals surface area contributed by atoms with Gasteiger partial charge in [-0.1, -0.05) is 12.1 Å². The first-order valence-electron chi connectivity index (χ1n) is 6.49. The number of methoxy groups -OCH3 is 1. The van der Waals surface area contributed by atoms with Gasteiger partial charge in [0.2, 0.25) is 5.90 Å². The Bertz CT molecular complexity index is 521. The fourth-order valence-electron chi connectivity index (χ4n) is 2.38. The van der Waals surface area contributed by atoms with Crippen LogP contribution in [0.4, 0.5) is 0 Å². The van der Waals surface area contributed by atoms with Crippen LogP contribution >= 0.6 is 0 Å². The van der Waals surface area contributed by atoms with Crippen molar-refractivity contribution in [1.29, 1.82) is 0 Å². The molecule has 2 atom stereocenters. The van der Waals surface area contributed by atoms with E-state index in [0.29, 0.717) is 6.61 Å². The minimum Gasteiger partial charge on any atom is -0.497 e. The quantitative estimate of drug-likeness (QED) is 0.786. The van der Waals surface area contributed by atoms with Crippen molar-refractivity contribution in [2.75, 3.05) is 13.7 Å². The molecule has 1 fully saturated rings. The van der Waals surface area contributed by atoms with Gasteiger partial charge in [0.1, 0.15) is 18.5 Å². The lowest BCUT2D eigenvalue weighted by molar-refractivity contribution is 0.251. The number of benzene rings is 1. The van der Waals surface area contributed by atoms with Crippen LogP contribution in [0, 0.1) is 0 Å². The summed E-state index contributed by atoms with van der Waals surface area (Å²) in [5.74, 6) is 1.57. The first-order chi connectivity index (χ1) is 8.94. The van der Waals surface area contributed by atoms with E-state index in [-0.39, 0.29) is 11.6 Å². The van der Waals surface area contributed by atoms with E-state index >= 15 is 0 Å². The molecule has 0 radical (unpaired) electrons. The Labute approximate surface area is 113 Å². The Morgan fingerprint density at radius 2 is 1.89 bits per heavy atom. The number of aliphatic imine (C=N–C) groups is 1. The highest BCUT2D eigenvalue weighted by Gasteiger charge is 2.60. The summed E-state index contributed by atoms with van der Waals surface area (Å²) >= 11 is 0. The van der Waals surface area contributed by atoms with Crippen molar-refractivity contribution in [2.24, 2.45) is 4.99 Å². The molecule has 1 saturated heterocycles. The zero-order valence-corrected chi connectivity index (χ0v) is 11.8. The lowest BCUT2D eigenvalue weighted by Gasteiger charge is -2.07. The number of rotatable bonds is 3. The largest absolute Gasteiger partial charge is 0.497 e. The van der Waals surface area contributed by atoms with Crippen molar-refractivity contribution in [3.05, 3.63) is 29.8 Å². The lowest BCUT2D eigenvalue weighted by Crippen LogP contribution is -2.21. The Balaban J connectivity index is 1.79. The second kappa shape index (κ2) is 3.97. The van der Waals surface area contributed by atoms with Gasteiger partial charge in [0, 0.05) is 0 Å². The average molecular weight is 261 g/mol. The number of hydrogen-bond acceptors (Lipinski definition) is 4. The molecule has 0 saturated carbocycles. The zero-order chi connectivity index (χ0) is 13.7. The number of hydrogen-bond donors (Lipinski definition) is 0. The minimum atomic E-state index is -0.414. The molecule has 0 spiro atoms. The molecule has 102 valence electrons. The summed E-state index contributed by atoms with van der Waals surface area (Å²) in [7, 11) is 1.66. The first kappa shape index (κ1) is 12.5. The van der Waals surface area contributed by atoms with Crippen LogP contribution in [0.25, 0.3) is 0 Å².